The first-order valence-corrected chi connectivity index (χ1v) is 11.9. The summed E-state index contributed by atoms with van der Waals surface area (Å²) in [5, 5.41) is 3.57. The number of likely N-dealkylation sites (N-methyl/N-ethyl adjacent to an activating group) is 1. The van der Waals surface area contributed by atoms with E-state index in [-0.39, 0.29) is 6.04 Å². The van der Waals surface area contributed by atoms with Crippen LogP contribution < -0.4 is 5.32 Å². The minimum Gasteiger partial charge on any atom is -0.351 e. The fourth-order valence-electron chi connectivity index (χ4n) is 7.09. The molecular weight excluding hydrogens is 358 g/mol. The van der Waals surface area contributed by atoms with E-state index in [1.54, 1.807) is 0 Å². The normalized spacial score (nSPS) is 36.1. The molecule has 0 spiro atoms. The van der Waals surface area contributed by atoms with Gasteiger partial charge in [0.15, 0.2) is 0 Å². The summed E-state index contributed by atoms with van der Waals surface area (Å²) < 4.78 is 0. The van der Waals surface area contributed by atoms with Gasteiger partial charge in [-0.25, -0.2) is 0 Å². The molecule has 4 saturated carbocycles. The molecule has 0 radical (unpaired) electrons. The second-order valence-electron chi connectivity index (χ2n) is 10.4. The number of nitrogens with one attached hydrogen (secondary N) is 1. The lowest BCUT2D eigenvalue weighted by molar-refractivity contribution is -0.129. The van der Waals surface area contributed by atoms with Crippen LogP contribution in [0.2, 0.25) is 0 Å². The molecule has 0 aromatic heterocycles. The van der Waals surface area contributed by atoms with Crippen LogP contribution in [-0.4, -0.2) is 54.5 Å². The molecule has 1 saturated heterocycles. The zero-order valence-corrected chi connectivity index (χ0v) is 17.9. The zero-order chi connectivity index (χ0) is 19.8. The number of hydrogen-bond donors (Lipinski definition) is 1. The number of rotatable bonds is 7. The molecule has 29 heavy (non-hydrogen) atoms. The number of hydrogen-bond acceptors (Lipinski definition) is 3. The maximum atomic E-state index is 13.2. The molecule has 1 atom stereocenters. The van der Waals surface area contributed by atoms with Crippen molar-refractivity contribution in [2.24, 2.45) is 23.7 Å². The van der Waals surface area contributed by atoms with Crippen LogP contribution in [0, 0.1) is 23.7 Å². The maximum Gasteiger partial charge on any atom is 0.237 e. The van der Waals surface area contributed by atoms with Crippen LogP contribution >= 0.6 is 0 Å². The quantitative estimate of drug-likeness (QED) is 0.767. The van der Waals surface area contributed by atoms with E-state index in [1.165, 1.54) is 37.7 Å². The first kappa shape index (κ1) is 19.6. The summed E-state index contributed by atoms with van der Waals surface area (Å²) >= 11 is 0. The monoisotopic (exact) mass is 395 g/mol. The number of likely N-dealkylation sites (tertiary alicyclic amines) is 1. The fourth-order valence-corrected chi connectivity index (χ4v) is 7.09. The molecule has 4 aliphatic carbocycles. The van der Waals surface area contributed by atoms with E-state index in [0.717, 1.165) is 62.7 Å². The van der Waals surface area contributed by atoms with E-state index < -0.39 is 0 Å². The zero-order valence-electron chi connectivity index (χ0n) is 17.9. The molecule has 1 aliphatic heterocycles. The summed E-state index contributed by atoms with van der Waals surface area (Å²) in [6, 6.07) is 11.2. The van der Waals surface area contributed by atoms with Crippen molar-refractivity contribution in [3.8, 4) is 0 Å². The molecule has 1 aromatic carbocycles. The van der Waals surface area contributed by atoms with Crippen molar-refractivity contribution >= 4 is 5.91 Å². The predicted molar refractivity (Wildman–Crippen MR) is 116 cm³/mol. The van der Waals surface area contributed by atoms with Crippen molar-refractivity contribution < 1.29 is 4.79 Å². The van der Waals surface area contributed by atoms with Crippen molar-refractivity contribution in [2.45, 2.75) is 63.6 Å². The van der Waals surface area contributed by atoms with Gasteiger partial charge in [-0.15, -0.1) is 0 Å². The molecule has 5 aliphatic rings. The largest absolute Gasteiger partial charge is 0.351 e. The van der Waals surface area contributed by atoms with Crippen LogP contribution in [0.5, 0.6) is 0 Å². The van der Waals surface area contributed by atoms with E-state index in [2.05, 4.69) is 52.5 Å². The average Bonchev–Trinajstić information content (AvgIpc) is 3.18. The average molecular weight is 396 g/mol. The van der Waals surface area contributed by atoms with Crippen molar-refractivity contribution in [1.29, 1.82) is 0 Å². The van der Waals surface area contributed by atoms with Gasteiger partial charge in [0.2, 0.25) is 5.91 Å². The van der Waals surface area contributed by atoms with Gasteiger partial charge in [0, 0.05) is 25.7 Å². The molecule has 5 fully saturated rings. The number of carbonyl (C=O) groups excluding carboxylic acids is 1. The van der Waals surface area contributed by atoms with Gasteiger partial charge in [0.1, 0.15) is 0 Å². The smallest absolute Gasteiger partial charge is 0.237 e. The number of nitrogens with zero attached hydrogens (tertiary/aromatic N) is 2. The van der Waals surface area contributed by atoms with E-state index >= 15 is 0 Å². The highest BCUT2D eigenvalue weighted by Gasteiger charge is 2.49. The second kappa shape index (κ2) is 8.39. The Hall–Kier alpha value is -1.39. The second-order valence-corrected chi connectivity index (χ2v) is 10.4. The van der Waals surface area contributed by atoms with Gasteiger partial charge in [0.05, 0.1) is 6.04 Å². The standard InChI is InChI=1S/C25H37N3O/c1-27(17-18-6-3-2-4-7-18)10-11-28-9-5-8-23(28)25(29)26-24-21-13-19-12-20(15-21)16-22(24)14-19/h2-4,6-7,19-24H,5,8-17H2,1H3,(H,26,29)/t19?,20?,21?,22?,23-,24?/m1/s1. The van der Waals surface area contributed by atoms with Gasteiger partial charge in [-0.05, 0) is 87.8 Å². The maximum absolute atomic E-state index is 13.2. The van der Waals surface area contributed by atoms with Gasteiger partial charge in [0.25, 0.3) is 0 Å². The van der Waals surface area contributed by atoms with Crippen LogP contribution in [-0.2, 0) is 11.3 Å². The number of carbonyl (C=O) groups is 1. The molecular formula is C25H37N3O. The summed E-state index contributed by atoms with van der Waals surface area (Å²) in [5.74, 6) is 3.79. The molecule has 1 heterocycles. The highest BCUT2D eigenvalue weighted by atomic mass is 16.2. The molecule has 4 heteroatoms. The van der Waals surface area contributed by atoms with E-state index in [9.17, 15) is 4.79 Å². The minimum atomic E-state index is 0.0947. The topological polar surface area (TPSA) is 35.6 Å². The summed E-state index contributed by atoms with van der Waals surface area (Å²) in [6.45, 7) is 4.04. The lowest BCUT2D eigenvalue weighted by Gasteiger charge is -2.54. The van der Waals surface area contributed by atoms with Crippen LogP contribution in [0.1, 0.15) is 50.5 Å². The van der Waals surface area contributed by atoms with Crippen LogP contribution in [0.15, 0.2) is 30.3 Å². The van der Waals surface area contributed by atoms with Crippen molar-refractivity contribution in [3.05, 3.63) is 35.9 Å². The summed E-state index contributed by atoms with van der Waals surface area (Å²) in [6.07, 6.45) is 9.14. The lowest BCUT2D eigenvalue weighted by atomic mass is 9.54. The van der Waals surface area contributed by atoms with Crippen molar-refractivity contribution in [1.82, 2.24) is 15.1 Å². The highest BCUT2D eigenvalue weighted by molar-refractivity contribution is 5.82. The Morgan fingerprint density at radius 2 is 1.76 bits per heavy atom. The third-order valence-corrected chi connectivity index (χ3v) is 8.27. The van der Waals surface area contributed by atoms with Crippen LogP contribution in [0.4, 0.5) is 0 Å². The van der Waals surface area contributed by atoms with Gasteiger partial charge >= 0.3 is 0 Å². The molecule has 158 valence electrons. The Labute approximate surface area is 176 Å². The Kier molecular flexibility index (Phi) is 5.66. The first-order valence-electron chi connectivity index (χ1n) is 11.9. The number of amides is 1. The Morgan fingerprint density at radius 1 is 1.07 bits per heavy atom. The van der Waals surface area contributed by atoms with Gasteiger partial charge < -0.3 is 10.2 Å². The number of benzene rings is 1. The molecule has 1 aromatic rings. The van der Waals surface area contributed by atoms with Gasteiger partial charge in [-0.1, -0.05) is 30.3 Å². The molecule has 4 nitrogen and oxygen atoms in total. The molecule has 0 unspecified atom stereocenters. The third kappa shape index (κ3) is 4.25. The summed E-state index contributed by atoms with van der Waals surface area (Å²) in [5.41, 5.74) is 1.35. The molecule has 1 N–H and O–H groups in total. The minimum absolute atomic E-state index is 0.0947. The van der Waals surface area contributed by atoms with E-state index in [1.807, 2.05) is 0 Å². The lowest BCUT2D eigenvalue weighted by Crippen LogP contribution is -2.58. The van der Waals surface area contributed by atoms with Gasteiger partial charge in [-0.2, -0.15) is 0 Å². The molecule has 6 rings (SSSR count). The van der Waals surface area contributed by atoms with E-state index in [4.69, 9.17) is 0 Å². The van der Waals surface area contributed by atoms with Crippen molar-refractivity contribution in [2.75, 3.05) is 26.7 Å². The molecule has 1 amide bonds. The van der Waals surface area contributed by atoms with Crippen LogP contribution in [0.25, 0.3) is 0 Å². The highest BCUT2D eigenvalue weighted by Crippen LogP contribution is 2.53. The third-order valence-electron chi connectivity index (χ3n) is 8.27. The fraction of sp³-hybridized carbons (Fsp3) is 0.720. The molecule has 4 bridgehead atoms. The SMILES string of the molecule is CN(CCN1CCC[C@@H]1C(=O)NC1C2CC3CC(C2)CC1C3)Cc1ccccc1. The summed E-state index contributed by atoms with van der Waals surface area (Å²) in [7, 11) is 2.19. The van der Waals surface area contributed by atoms with Crippen LogP contribution in [0.3, 0.4) is 0 Å². The first-order chi connectivity index (χ1) is 14.2. The Bertz CT molecular complexity index is 677. The summed E-state index contributed by atoms with van der Waals surface area (Å²) in [4.78, 5) is 18.0. The Morgan fingerprint density at radius 3 is 2.45 bits per heavy atom. The Balaban J connectivity index is 1.13. The van der Waals surface area contributed by atoms with E-state index in [0.29, 0.717) is 11.9 Å². The van der Waals surface area contributed by atoms with Crippen molar-refractivity contribution in [3.63, 3.8) is 0 Å². The predicted octanol–water partition coefficient (Wildman–Crippen LogP) is 3.52. The van der Waals surface area contributed by atoms with Gasteiger partial charge in [-0.3, -0.25) is 9.69 Å².